The number of carbonyl (C=O) groups is 1. The number of hydrogen-bond donors (Lipinski definition) is 1. The number of H-pyrrole nitrogens is 1. The van der Waals surface area contributed by atoms with Gasteiger partial charge in [-0.1, -0.05) is 0 Å². The standard InChI is InChI=1S/C7H6N2O2/c10-7-5(2-4-11-7)6-1-3-8-9-6/h1-5H,(H,8,9). The summed E-state index contributed by atoms with van der Waals surface area (Å²) in [6.07, 6.45) is 4.69. The molecule has 2 rings (SSSR count). The first kappa shape index (κ1) is 6.15. The highest BCUT2D eigenvalue weighted by Crippen LogP contribution is 2.20. The van der Waals surface area contributed by atoms with Gasteiger partial charge in [0.15, 0.2) is 0 Å². The van der Waals surface area contributed by atoms with Crippen LogP contribution in [0.2, 0.25) is 0 Å². The number of esters is 1. The van der Waals surface area contributed by atoms with Gasteiger partial charge in [-0.3, -0.25) is 9.89 Å². The lowest BCUT2D eigenvalue weighted by molar-refractivity contribution is -0.136. The molecule has 56 valence electrons. The van der Waals surface area contributed by atoms with Gasteiger partial charge in [0.25, 0.3) is 0 Å². The van der Waals surface area contributed by atoms with Crippen LogP contribution in [0.3, 0.4) is 0 Å². The first-order valence-corrected chi connectivity index (χ1v) is 3.24. The topological polar surface area (TPSA) is 55.0 Å². The van der Waals surface area contributed by atoms with Gasteiger partial charge in [0.2, 0.25) is 0 Å². The van der Waals surface area contributed by atoms with E-state index in [0.29, 0.717) is 0 Å². The van der Waals surface area contributed by atoms with E-state index in [1.807, 2.05) is 0 Å². The minimum Gasteiger partial charge on any atom is -0.434 e. The Morgan fingerprint density at radius 3 is 3.09 bits per heavy atom. The fraction of sp³-hybridized carbons (Fsp3) is 0.143. The average molecular weight is 150 g/mol. The number of rotatable bonds is 1. The smallest absolute Gasteiger partial charge is 0.323 e. The minimum atomic E-state index is -0.294. The summed E-state index contributed by atoms with van der Waals surface area (Å²) in [6.45, 7) is 0. The second-order valence-electron chi connectivity index (χ2n) is 2.26. The molecule has 4 nitrogen and oxygen atoms in total. The van der Waals surface area contributed by atoms with Gasteiger partial charge in [-0.15, -0.1) is 0 Å². The van der Waals surface area contributed by atoms with E-state index >= 15 is 0 Å². The molecule has 0 aliphatic carbocycles. The predicted molar refractivity (Wildman–Crippen MR) is 36.6 cm³/mol. The third kappa shape index (κ3) is 0.920. The van der Waals surface area contributed by atoms with E-state index in [1.165, 1.54) is 6.26 Å². The number of aromatic amines is 1. The Morgan fingerprint density at radius 1 is 1.64 bits per heavy atom. The monoisotopic (exact) mass is 150 g/mol. The predicted octanol–water partition coefficient (Wildman–Crippen LogP) is 0.564. The summed E-state index contributed by atoms with van der Waals surface area (Å²) in [5.74, 6) is -0.549. The fourth-order valence-corrected chi connectivity index (χ4v) is 1.01. The van der Waals surface area contributed by atoms with Crippen molar-refractivity contribution in [3.8, 4) is 0 Å². The molecule has 0 fully saturated rings. The molecule has 1 N–H and O–H groups in total. The summed E-state index contributed by atoms with van der Waals surface area (Å²) >= 11 is 0. The van der Waals surface area contributed by atoms with Crippen LogP contribution in [0.4, 0.5) is 0 Å². The summed E-state index contributed by atoms with van der Waals surface area (Å²) in [4.78, 5) is 10.9. The molecule has 0 spiro atoms. The normalized spacial score (nSPS) is 22.2. The van der Waals surface area contributed by atoms with E-state index < -0.39 is 0 Å². The van der Waals surface area contributed by atoms with Crippen LogP contribution in [-0.4, -0.2) is 16.2 Å². The van der Waals surface area contributed by atoms with Crippen molar-refractivity contribution in [2.75, 3.05) is 0 Å². The van der Waals surface area contributed by atoms with Crippen molar-refractivity contribution in [2.45, 2.75) is 5.92 Å². The van der Waals surface area contributed by atoms with Crippen molar-refractivity contribution >= 4 is 5.97 Å². The maximum absolute atomic E-state index is 10.9. The van der Waals surface area contributed by atoms with Crippen molar-refractivity contribution < 1.29 is 9.53 Å². The zero-order chi connectivity index (χ0) is 7.68. The lowest BCUT2D eigenvalue weighted by atomic mass is 10.1. The summed E-state index contributed by atoms with van der Waals surface area (Å²) in [7, 11) is 0. The van der Waals surface area contributed by atoms with Crippen LogP contribution >= 0.6 is 0 Å². The Kier molecular flexibility index (Phi) is 1.25. The quantitative estimate of drug-likeness (QED) is 0.595. The number of nitrogens with zero attached hydrogens (tertiary/aromatic N) is 1. The fourth-order valence-electron chi connectivity index (χ4n) is 1.01. The van der Waals surface area contributed by atoms with Gasteiger partial charge < -0.3 is 4.74 Å². The number of aromatic nitrogens is 2. The number of carbonyl (C=O) groups excluding carboxylic acids is 1. The maximum atomic E-state index is 10.9. The number of nitrogens with one attached hydrogen (secondary N) is 1. The van der Waals surface area contributed by atoms with Crippen molar-refractivity contribution in [2.24, 2.45) is 0 Å². The van der Waals surface area contributed by atoms with Crippen LogP contribution in [0.15, 0.2) is 24.6 Å². The average Bonchev–Trinajstić information content (AvgIpc) is 2.55. The summed E-state index contributed by atoms with van der Waals surface area (Å²) in [5.41, 5.74) is 0.767. The van der Waals surface area contributed by atoms with Crippen molar-refractivity contribution in [3.05, 3.63) is 30.3 Å². The molecule has 0 radical (unpaired) electrons. The molecule has 0 bridgehead atoms. The van der Waals surface area contributed by atoms with E-state index in [4.69, 9.17) is 0 Å². The molecule has 1 atom stereocenters. The van der Waals surface area contributed by atoms with Crippen LogP contribution < -0.4 is 0 Å². The summed E-state index contributed by atoms with van der Waals surface area (Å²) in [6, 6.07) is 1.75. The Balaban J connectivity index is 2.30. The SMILES string of the molecule is O=C1OC=CC1c1ccn[nH]1. The Hall–Kier alpha value is -1.58. The van der Waals surface area contributed by atoms with Gasteiger partial charge in [-0.2, -0.15) is 5.10 Å². The molecule has 2 heterocycles. The molecule has 1 aromatic rings. The van der Waals surface area contributed by atoms with Crippen molar-refractivity contribution in [3.63, 3.8) is 0 Å². The van der Waals surface area contributed by atoms with Crippen molar-refractivity contribution in [1.29, 1.82) is 0 Å². The third-order valence-corrected chi connectivity index (χ3v) is 1.57. The molecule has 0 saturated carbocycles. The van der Waals surface area contributed by atoms with Crippen LogP contribution in [0.1, 0.15) is 11.6 Å². The molecule has 0 aromatic carbocycles. The zero-order valence-corrected chi connectivity index (χ0v) is 5.65. The van der Waals surface area contributed by atoms with Gasteiger partial charge in [-0.25, -0.2) is 0 Å². The molecule has 0 amide bonds. The molecule has 1 aliphatic heterocycles. The largest absolute Gasteiger partial charge is 0.434 e. The highest BCUT2D eigenvalue weighted by Gasteiger charge is 2.24. The molecule has 0 saturated heterocycles. The zero-order valence-electron chi connectivity index (χ0n) is 5.65. The highest BCUT2D eigenvalue weighted by atomic mass is 16.5. The van der Waals surface area contributed by atoms with E-state index in [9.17, 15) is 4.79 Å². The Morgan fingerprint density at radius 2 is 2.55 bits per heavy atom. The molecule has 1 aromatic heterocycles. The van der Waals surface area contributed by atoms with Gasteiger partial charge in [0.1, 0.15) is 5.92 Å². The minimum absolute atomic E-state index is 0.255. The van der Waals surface area contributed by atoms with Gasteiger partial charge in [-0.05, 0) is 12.1 Å². The molecular formula is C7H6N2O2. The Bertz CT molecular complexity index is 289. The molecule has 1 unspecified atom stereocenters. The lowest BCUT2D eigenvalue weighted by Gasteiger charge is -1.98. The van der Waals surface area contributed by atoms with Crippen LogP contribution in [0.25, 0.3) is 0 Å². The van der Waals surface area contributed by atoms with Gasteiger partial charge in [0.05, 0.1) is 12.0 Å². The molecular weight excluding hydrogens is 144 g/mol. The van der Waals surface area contributed by atoms with Crippen LogP contribution in [0.5, 0.6) is 0 Å². The van der Waals surface area contributed by atoms with E-state index in [0.717, 1.165) is 5.69 Å². The number of cyclic esters (lactones) is 1. The first-order valence-electron chi connectivity index (χ1n) is 3.24. The first-order chi connectivity index (χ1) is 5.38. The summed E-state index contributed by atoms with van der Waals surface area (Å²) < 4.78 is 4.62. The van der Waals surface area contributed by atoms with Gasteiger partial charge in [0, 0.05) is 6.20 Å². The van der Waals surface area contributed by atoms with Gasteiger partial charge >= 0.3 is 5.97 Å². The second-order valence-corrected chi connectivity index (χ2v) is 2.26. The molecule has 11 heavy (non-hydrogen) atoms. The number of ether oxygens (including phenoxy) is 1. The highest BCUT2D eigenvalue weighted by molar-refractivity contribution is 5.82. The molecule has 1 aliphatic rings. The van der Waals surface area contributed by atoms with E-state index in [2.05, 4.69) is 14.9 Å². The van der Waals surface area contributed by atoms with Crippen LogP contribution in [-0.2, 0) is 9.53 Å². The second kappa shape index (κ2) is 2.23. The lowest BCUT2D eigenvalue weighted by Crippen LogP contribution is -2.06. The molecule has 4 heteroatoms. The van der Waals surface area contributed by atoms with Crippen molar-refractivity contribution in [1.82, 2.24) is 10.2 Å². The Labute approximate surface area is 62.9 Å². The third-order valence-electron chi connectivity index (χ3n) is 1.57. The van der Waals surface area contributed by atoms with E-state index in [-0.39, 0.29) is 11.9 Å². The maximum Gasteiger partial charge on any atom is 0.323 e. The van der Waals surface area contributed by atoms with E-state index in [1.54, 1.807) is 18.3 Å². The summed E-state index contributed by atoms with van der Waals surface area (Å²) in [5, 5.41) is 6.44. The van der Waals surface area contributed by atoms with Crippen LogP contribution in [0, 0.1) is 0 Å². The number of hydrogen-bond acceptors (Lipinski definition) is 3.